The third-order valence-electron chi connectivity index (χ3n) is 4.46. The highest BCUT2D eigenvalue weighted by Gasteiger charge is 2.33. The number of aryl methyl sites for hydroxylation is 1. The zero-order valence-corrected chi connectivity index (χ0v) is 11.6. The summed E-state index contributed by atoms with van der Waals surface area (Å²) >= 11 is 0. The summed E-state index contributed by atoms with van der Waals surface area (Å²) in [6.45, 7) is 6.57. The molecule has 19 heavy (non-hydrogen) atoms. The molecule has 4 rings (SSSR count). The van der Waals surface area contributed by atoms with Crippen LogP contribution in [-0.2, 0) is 6.54 Å². The Hall–Kier alpha value is -1.29. The van der Waals surface area contributed by atoms with Gasteiger partial charge in [0.05, 0.1) is 5.69 Å². The first-order valence-corrected chi connectivity index (χ1v) is 7.45. The second-order valence-corrected chi connectivity index (χ2v) is 5.84. The number of piperidine rings is 3. The van der Waals surface area contributed by atoms with Crippen molar-refractivity contribution < 1.29 is 0 Å². The van der Waals surface area contributed by atoms with Crippen molar-refractivity contribution in [1.82, 2.24) is 9.47 Å². The van der Waals surface area contributed by atoms with Crippen molar-refractivity contribution in [2.24, 2.45) is 5.92 Å². The van der Waals surface area contributed by atoms with Gasteiger partial charge in [-0.2, -0.15) is 0 Å². The number of hydrogen-bond donors (Lipinski definition) is 1. The van der Waals surface area contributed by atoms with E-state index in [4.69, 9.17) is 0 Å². The van der Waals surface area contributed by atoms with Crippen LogP contribution in [0.4, 0.5) is 5.69 Å². The molecule has 1 aromatic heterocycles. The fourth-order valence-corrected chi connectivity index (χ4v) is 3.38. The van der Waals surface area contributed by atoms with E-state index >= 15 is 0 Å². The molecule has 1 aromatic rings. The lowest BCUT2D eigenvalue weighted by Crippen LogP contribution is -2.53. The molecule has 0 radical (unpaired) electrons. The van der Waals surface area contributed by atoms with Crippen molar-refractivity contribution in [3.8, 4) is 0 Å². The number of pyridine rings is 1. The Morgan fingerprint density at radius 1 is 1.32 bits per heavy atom. The van der Waals surface area contributed by atoms with Crippen LogP contribution in [0.25, 0.3) is 0 Å². The lowest BCUT2D eigenvalue weighted by atomic mass is 9.84. The fraction of sp³-hybridized carbons (Fsp3) is 0.667. The van der Waals surface area contributed by atoms with Gasteiger partial charge in [0.25, 0.3) is 5.56 Å². The summed E-state index contributed by atoms with van der Waals surface area (Å²) in [5.41, 5.74) is 1.19. The average molecular weight is 261 g/mol. The molecule has 4 heteroatoms. The van der Waals surface area contributed by atoms with Crippen molar-refractivity contribution >= 4 is 5.69 Å². The van der Waals surface area contributed by atoms with E-state index in [9.17, 15) is 4.79 Å². The van der Waals surface area contributed by atoms with Gasteiger partial charge in [-0.1, -0.05) is 6.92 Å². The lowest BCUT2D eigenvalue weighted by molar-refractivity contribution is 0.0975. The van der Waals surface area contributed by atoms with Crippen molar-refractivity contribution in [2.45, 2.75) is 38.8 Å². The van der Waals surface area contributed by atoms with Gasteiger partial charge < -0.3 is 14.8 Å². The molecular formula is C15H23N3O. The van der Waals surface area contributed by atoms with Gasteiger partial charge in [-0.3, -0.25) is 4.79 Å². The SMILES string of the molecule is CCCn1cc(NC2CN3CCC2CC3)ccc1=O. The van der Waals surface area contributed by atoms with E-state index in [-0.39, 0.29) is 5.56 Å². The van der Waals surface area contributed by atoms with Crippen LogP contribution in [0.1, 0.15) is 26.2 Å². The van der Waals surface area contributed by atoms with Crippen molar-refractivity contribution in [3.63, 3.8) is 0 Å². The van der Waals surface area contributed by atoms with Crippen LogP contribution in [0.15, 0.2) is 23.1 Å². The summed E-state index contributed by atoms with van der Waals surface area (Å²) in [5.74, 6) is 0.802. The van der Waals surface area contributed by atoms with Crippen molar-refractivity contribution in [1.29, 1.82) is 0 Å². The van der Waals surface area contributed by atoms with Gasteiger partial charge in [-0.15, -0.1) is 0 Å². The van der Waals surface area contributed by atoms with E-state index in [1.165, 1.54) is 25.9 Å². The zero-order chi connectivity index (χ0) is 13.2. The van der Waals surface area contributed by atoms with Crippen LogP contribution < -0.4 is 10.9 Å². The van der Waals surface area contributed by atoms with Crippen molar-refractivity contribution in [2.75, 3.05) is 25.0 Å². The molecule has 1 atom stereocenters. The second kappa shape index (κ2) is 5.37. The molecule has 0 aliphatic carbocycles. The maximum absolute atomic E-state index is 11.7. The quantitative estimate of drug-likeness (QED) is 0.897. The first kappa shape index (κ1) is 12.7. The zero-order valence-electron chi connectivity index (χ0n) is 11.6. The standard InChI is InChI=1S/C15H23N3O/c1-2-7-18-10-13(3-4-15(18)19)16-14-11-17-8-5-12(14)6-9-17/h3-4,10,12,14,16H,2,5-9,11H2,1H3. The van der Waals surface area contributed by atoms with Gasteiger partial charge >= 0.3 is 0 Å². The minimum atomic E-state index is 0.0984. The largest absolute Gasteiger partial charge is 0.380 e. The first-order valence-electron chi connectivity index (χ1n) is 7.45. The van der Waals surface area contributed by atoms with Gasteiger partial charge in [0, 0.05) is 31.4 Å². The number of nitrogens with one attached hydrogen (secondary N) is 1. The molecule has 3 saturated heterocycles. The first-order chi connectivity index (χ1) is 9.26. The number of rotatable bonds is 4. The van der Waals surface area contributed by atoms with Crippen LogP contribution in [-0.4, -0.2) is 35.1 Å². The summed E-state index contributed by atoms with van der Waals surface area (Å²) in [6.07, 6.45) is 5.59. The second-order valence-electron chi connectivity index (χ2n) is 5.84. The minimum Gasteiger partial charge on any atom is -0.380 e. The number of hydrogen-bond acceptors (Lipinski definition) is 3. The van der Waals surface area contributed by atoms with Crippen LogP contribution >= 0.6 is 0 Å². The Labute approximate surface area is 114 Å². The van der Waals surface area contributed by atoms with Crippen LogP contribution in [0.3, 0.4) is 0 Å². The highest BCUT2D eigenvalue weighted by molar-refractivity contribution is 5.42. The highest BCUT2D eigenvalue weighted by atomic mass is 16.1. The molecule has 3 aliphatic heterocycles. The number of nitrogens with zero attached hydrogens (tertiary/aromatic N) is 2. The van der Waals surface area contributed by atoms with E-state index in [1.54, 1.807) is 6.07 Å². The Bertz CT molecular complexity index is 488. The Morgan fingerprint density at radius 3 is 2.74 bits per heavy atom. The number of fused-ring (bicyclic) bond motifs is 3. The van der Waals surface area contributed by atoms with Gasteiger partial charge in [0.1, 0.15) is 0 Å². The van der Waals surface area contributed by atoms with E-state index in [2.05, 4.69) is 17.1 Å². The maximum Gasteiger partial charge on any atom is 0.250 e. The Balaban J connectivity index is 1.73. The normalized spacial score (nSPS) is 29.4. The predicted octanol–water partition coefficient (Wildman–Crippen LogP) is 1.76. The Kier molecular flexibility index (Phi) is 3.60. The molecular weight excluding hydrogens is 238 g/mol. The molecule has 1 unspecified atom stereocenters. The predicted molar refractivity (Wildman–Crippen MR) is 77.6 cm³/mol. The molecule has 4 heterocycles. The highest BCUT2D eigenvalue weighted by Crippen LogP contribution is 2.29. The smallest absolute Gasteiger partial charge is 0.250 e. The van der Waals surface area contributed by atoms with E-state index < -0.39 is 0 Å². The summed E-state index contributed by atoms with van der Waals surface area (Å²) in [7, 11) is 0. The molecule has 3 aliphatic rings. The molecule has 0 aromatic carbocycles. The molecule has 3 fully saturated rings. The molecule has 2 bridgehead atoms. The third-order valence-corrected chi connectivity index (χ3v) is 4.46. The average Bonchev–Trinajstić information content (AvgIpc) is 2.44. The third kappa shape index (κ3) is 2.68. The summed E-state index contributed by atoms with van der Waals surface area (Å²) < 4.78 is 1.81. The maximum atomic E-state index is 11.7. The van der Waals surface area contributed by atoms with Crippen LogP contribution in [0.5, 0.6) is 0 Å². The summed E-state index contributed by atoms with van der Waals surface area (Å²) in [5, 5.41) is 3.64. The van der Waals surface area contributed by atoms with Crippen LogP contribution in [0, 0.1) is 5.92 Å². The van der Waals surface area contributed by atoms with E-state index in [0.717, 1.165) is 31.1 Å². The van der Waals surface area contributed by atoms with Gasteiger partial charge in [0.15, 0.2) is 0 Å². The van der Waals surface area contributed by atoms with E-state index in [0.29, 0.717) is 6.04 Å². The number of anilines is 1. The monoisotopic (exact) mass is 261 g/mol. The van der Waals surface area contributed by atoms with Crippen LogP contribution in [0.2, 0.25) is 0 Å². The summed E-state index contributed by atoms with van der Waals surface area (Å²) in [6, 6.07) is 4.15. The number of aromatic nitrogens is 1. The molecule has 1 N–H and O–H groups in total. The van der Waals surface area contributed by atoms with E-state index in [1.807, 2.05) is 16.8 Å². The molecule has 104 valence electrons. The minimum absolute atomic E-state index is 0.0984. The molecule has 0 saturated carbocycles. The topological polar surface area (TPSA) is 37.3 Å². The summed E-state index contributed by atoms with van der Waals surface area (Å²) in [4.78, 5) is 14.2. The molecule has 4 nitrogen and oxygen atoms in total. The van der Waals surface area contributed by atoms with Gasteiger partial charge in [-0.25, -0.2) is 0 Å². The lowest BCUT2D eigenvalue weighted by Gasteiger charge is -2.45. The Morgan fingerprint density at radius 2 is 2.11 bits per heavy atom. The fourth-order valence-electron chi connectivity index (χ4n) is 3.38. The van der Waals surface area contributed by atoms with Gasteiger partial charge in [-0.05, 0) is 44.3 Å². The molecule has 0 spiro atoms. The van der Waals surface area contributed by atoms with Gasteiger partial charge in [0.2, 0.25) is 0 Å². The van der Waals surface area contributed by atoms with Crippen molar-refractivity contribution in [3.05, 3.63) is 28.7 Å². The molecule has 0 amide bonds.